The molecule has 0 aliphatic carbocycles. The zero-order valence-corrected chi connectivity index (χ0v) is 11.4. The fourth-order valence-corrected chi connectivity index (χ4v) is 2.32. The number of carboxylic acids is 1. The van der Waals surface area contributed by atoms with Crippen LogP contribution in [0.1, 0.15) is 12.8 Å². The van der Waals surface area contributed by atoms with Crippen molar-refractivity contribution in [3.05, 3.63) is 29.0 Å². The van der Waals surface area contributed by atoms with E-state index in [4.69, 9.17) is 16.7 Å². The van der Waals surface area contributed by atoms with Crippen LogP contribution in [0.4, 0.5) is 14.9 Å². The molecule has 0 spiro atoms. The molecular formula is C13H14ClFN2O3. The molecule has 1 aliphatic rings. The van der Waals surface area contributed by atoms with Crippen LogP contribution in [0.15, 0.2) is 18.2 Å². The van der Waals surface area contributed by atoms with Crippen molar-refractivity contribution in [1.29, 1.82) is 0 Å². The van der Waals surface area contributed by atoms with Gasteiger partial charge in [0.1, 0.15) is 5.82 Å². The van der Waals surface area contributed by atoms with Crippen molar-refractivity contribution in [2.45, 2.75) is 12.8 Å². The largest absolute Gasteiger partial charge is 0.481 e. The summed E-state index contributed by atoms with van der Waals surface area (Å²) < 4.78 is 13.0. The molecule has 0 bridgehead atoms. The van der Waals surface area contributed by atoms with E-state index in [0.29, 0.717) is 25.1 Å². The number of urea groups is 1. The van der Waals surface area contributed by atoms with Crippen molar-refractivity contribution >= 4 is 29.3 Å². The van der Waals surface area contributed by atoms with Crippen molar-refractivity contribution in [3.8, 4) is 0 Å². The number of piperidine rings is 1. The average molecular weight is 301 g/mol. The van der Waals surface area contributed by atoms with Gasteiger partial charge in [-0.3, -0.25) is 4.79 Å². The van der Waals surface area contributed by atoms with Crippen molar-refractivity contribution in [3.63, 3.8) is 0 Å². The molecular weight excluding hydrogens is 287 g/mol. The van der Waals surface area contributed by atoms with Crippen molar-refractivity contribution < 1.29 is 19.1 Å². The lowest BCUT2D eigenvalue weighted by molar-refractivity contribution is -0.143. The van der Waals surface area contributed by atoms with Crippen LogP contribution >= 0.6 is 11.6 Å². The average Bonchev–Trinajstić information content (AvgIpc) is 2.43. The number of amides is 2. The van der Waals surface area contributed by atoms with Gasteiger partial charge in [0.2, 0.25) is 0 Å². The van der Waals surface area contributed by atoms with E-state index in [1.807, 2.05) is 0 Å². The van der Waals surface area contributed by atoms with E-state index in [1.54, 1.807) is 0 Å². The molecule has 1 aromatic rings. The number of rotatable bonds is 2. The Labute approximate surface area is 120 Å². The van der Waals surface area contributed by atoms with Gasteiger partial charge in [-0.1, -0.05) is 11.6 Å². The first-order chi connectivity index (χ1) is 9.47. The van der Waals surface area contributed by atoms with Crippen LogP contribution < -0.4 is 5.32 Å². The minimum Gasteiger partial charge on any atom is -0.481 e. The number of halogens is 2. The van der Waals surface area contributed by atoms with Crippen molar-refractivity contribution in [2.24, 2.45) is 5.92 Å². The molecule has 7 heteroatoms. The quantitative estimate of drug-likeness (QED) is 0.882. The summed E-state index contributed by atoms with van der Waals surface area (Å²) in [6, 6.07) is 3.47. The summed E-state index contributed by atoms with van der Waals surface area (Å²) in [6.07, 6.45) is 1.22. The van der Waals surface area contributed by atoms with E-state index in [0.717, 1.165) is 6.07 Å². The molecule has 1 fully saturated rings. The van der Waals surface area contributed by atoms with E-state index < -0.39 is 23.7 Å². The number of anilines is 1. The van der Waals surface area contributed by atoms with Gasteiger partial charge < -0.3 is 15.3 Å². The van der Waals surface area contributed by atoms with E-state index in [2.05, 4.69) is 5.32 Å². The molecule has 0 unspecified atom stereocenters. The Morgan fingerprint density at radius 2 is 2.20 bits per heavy atom. The molecule has 5 nitrogen and oxygen atoms in total. The first-order valence-electron chi connectivity index (χ1n) is 6.21. The summed E-state index contributed by atoms with van der Waals surface area (Å²) in [4.78, 5) is 24.4. The van der Waals surface area contributed by atoms with Gasteiger partial charge in [-0.05, 0) is 31.0 Å². The number of benzene rings is 1. The van der Waals surface area contributed by atoms with Crippen LogP contribution in [-0.2, 0) is 4.79 Å². The van der Waals surface area contributed by atoms with Gasteiger partial charge in [0.25, 0.3) is 0 Å². The Kier molecular flexibility index (Phi) is 4.44. The minimum atomic E-state index is -0.896. The number of carboxylic acid groups (broad SMARTS) is 1. The molecule has 0 saturated carbocycles. The maximum absolute atomic E-state index is 13.0. The van der Waals surface area contributed by atoms with Crippen LogP contribution in [0.25, 0.3) is 0 Å². The van der Waals surface area contributed by atoms with Gasteiger partial charge in [-0.2, -0.15) is 0 Å². The number of nitrogens with one attached hydrogen (secondary N) is 1. The fraction of sp³-hybridized carbons (Fsp3) is 0.385. The SMILES string of the molecule is O=C(O)[C@@H]1CCCN(C(=O)Nc2ccc(F)c(Cl)c2)C1. The lowest BCUT2D eigenvalue weighted by atomic mass is 9.99. The number of aliphatic carboxylic acids is 1. The van der Waals surface area contributed by atoms with Gasteiger partial charge in [0.05, 0.1) is 10.9 Å². The van der Waals surface area contributed by atoms with Gasteiger partial charge in [0.15, 0.2) is 0 Å². The lowest BCUT2D eigenvalue weighted by Gasteiger charge is -2.30. The third kappa shape index (κ3) is 3.39. The van der Waals surface area contributed by atoms with Crippen LogP contribution in [0.3, 0.4) is 0 Å². The van der Waals surface area contributed by atoms with E-state index in [1.165, 1.54) is 17.0 Å². The Hall–Kier alpha value is -1.82. The number of hydrogen-bond acceptors (Lipinski definition) is 2. The van der Waals surface area contributed by atoms with Crippen LogP contribution in [0.5, 0.6) is 0 Å². The second kappa shape index (κ2) is 6.09. The second-order valence-electron chi connectivity index (χ2n) is 4.68. The maximum Gasteiger partial charge on any atom is 0.321 e. The second-order valence-corrected chi connectivity index (χ2v) is 5.09. The first-order valence-corrected chi connectivity index (χ1v) is 6.59. The number of carbonyl (C=O) groups is 2. The summed E-state index contributed by atoms with van der Waals surface area (Å²) in [5, 5.41) is 11.5. The molecule has 1 atom stereocenters. The molecule has 2 N–H and O–H groups in total. The van der Waals surface area contributed by atoms with E-state index in [-0.39, 0.29) is 11.6 Å². The van der Waals surface area contributed by atoms with Crippen LogP contribution in [0.2, 0.25) is 5.02 Å². The molecule has 2 rings (SSSR count). The molecule has 20 heavy (non-hydrogen) atoms. The Bertz CT molecular complexity index is 538. The molecule has 1 aromatic carbocycles. The summed E-state index contributed by atoms with van der Waals surface area (Å²) in [5.41, 5.74) is 0.374. The van der Waals surface area contributed by atoms with Crippen molar-refractivity contribution in [2.75, 3.05) is 18.4 Å². The number of carbonyl (C=O) groups excluding carboxylic acids is 1. The Morgan fingerprint density at radius 3 is 2.85 bits per heavy atom. The van der Waals surface area contributed by atoms with Gasteiger partial charge in [-0.25, -0.2) is 9.18 Å². The minimum absolute atomic E-state index is 0.0788. The molecule has 2 amide bonds. The summed E-state index contributed by atoms with van der Waals surface area (Å²) >= 11 is 5.63. The molecule has 0 aromatic heterocycles. The molecule has 108 valence electrons. The van der Waals surface area contributed by atoms with Crippen LogP contribution in [-0.4, -0.2) is 35.1 Å². The van der Waals surface area contributed by atoms with E-state index >= 15 is 0 Å². The molecule has 1 heterocycles. The number of likely N-dealkylation sites (tertiary alicyclic amines) is 1. The molecule has 0 radical (unpaired) electrons. The summed E-state index contributed by atoms with van der Waals surface area (Å²) in [6.45, 7) is 0.681. The normalized spacial score (nSPS) is 18.7. The highest BCUT2D eigenvalue weighted by Gasteiger charge is 2.28. The Balaban J connectivity index is 2.00. The topological polar surface area (TPSA) is 69.6 Å². The lowest BCUT2D eigenvalue weighted by Crippen LogP contribution is -2.44. The predicted octanol–water partition coefficient (Wildman–Crippen LogP) is 2.81. The maximum atomic E-state index is 13.0. The predicted molar refractivity (Wildman–Crippen MR) is 72.4 cm³/mol. The highest BCUT2D eigenvalue weighted by atomic mass is 35.5. The summed E-state index contributed by atoms with van der Waals surface area (Å²) in [5.74, 6) is -1.99. The van der Waals surface area contributed by atoms with Crippen LogP contribution in [0, 0.1) is 11.7 Å². The third-order valence-corrected chi connectivity index (χ3v) is 3.52. The summed E-state index contributed by atoms with van der Waals surface area (Å²) in [7, 11) is 0. The fourth-order valence-electron chi connectivity index (χ4n) is 2.14. The van der Waals surface area contributed by atoms with Gasteiger partial charge >= 0.3 is 12.0 Å². The Morgan fingerprint density at radius 1 is 1.45 bits per heavy atom. The standard InChI is InChI=1S/C13H14ClFN2O3/c14-10-6-9(3-4-11(10)15)16-13(20)17-5-1-2-8(7-17)12(18)19/h3-4,6,8H,1-2,5,7H2,(H,16,20)(H,18,19)/t8-/m1/s1. The van der Waals surface area contributed by atoms with E-state index in [9.17, 15) is 14.0 Å². The third-order valence-electron chi connectivity index (χ3n) is 3.23. The zero-order chi connectivity index (χ0) is 14.7. The first kappa shape index (κ1) is 14.6. The number of nitrogens with zero attached hydrogens (tertiary/aromatic N) is 1. The molecule has 1 saturated heterocycles. The highest BCUT2D eigenvalue weighted by Crippen LogP contribution is 2.21. The molecule has 1 aliphatic heterocycles. The zero-order valence-electron chi connectivity index (χ0n) is 10.6. The highest BCUT2D eigenvalue weighted by molar-refractivity contribution is 6.31. The van der Waals surface area contributed by atoms with Crippen molar-refractivity contribution in [1.82, 2.24) is 4.90 Å². The van der Waals surface area contributed by atoms with Gasteiger partial charge in [0, 0.05) is 18.8 Å². The monoisotopic (exact) mass is 300 g/mol. The smallest absolute Gasteiger partial charge is 0.321 e. The number of hydrogen-bond donors (Lipinski definition) is 2. The van der Waals surface area contributed by atoms with Gasteiger partial charge in [-0.15, -0.1) is 0 Å².